The van der Waals surface area contributed by atoms with Gasteiger partial charge in [-0.05, 0) is 45.4 Å². The fraction of sp³-hybridized carbons (Fsp3) is 1.00. The van der Waals surface area contributed by atoms with Crippen LogP contribution in [0.2, 0.25) is 0 Å². The molecule has 0 bridgehead atoms. The second-order valence-corrected chi connectivity index (χ2v) is 6.93. The molecule has 0 spiro atoms. The fourth-order valence-electron chi connectivity index (χ4n) is 3.26. The molecular formula is C16H32N2O. The molecule has 1 aliphatic carbocycles. The molecule has 3 heteroatoms. The highest BCUT2D eigenvalue weighted by molar-refractivity contribution is 5.07. The van der Waals surface area contributed by atoms with Crippen molar-refractivity contribution in [2.75, 3.05) is 32.8 Å². The summed E-state index contributed by atoms with van der Waals surface area (Å²) in [6, 6.07) is 0. The molecule has 0 aromatic heterocycles. The monoisotopic (exact) mass is 268 g/mol. The molecule has 2 aliphatic rings. The highest BCUT2D eigenvalue weighted by Crippen LogP contribution is 2.42. The van der Waals surface area contributed by atoms with Gasteiger partial charge in [-0.1, -0.05) is 13.8 Å². The molecule has 0 aromatic carbocycles. The summed E-state index contributed by atoms with van der Waals surface area (Å²) in [5.74, 6) is 0.896. The number of nitrogens with zero attached hydrogens (tertiary/aromatic N) is 1. The molecule has 1 aliphatic heterocycles. The lowest BCUT2D eigenvalue weighted by Crippen LogP contribution is -2.69. The van der Waals surface area contributed by atoms with E-state index >= 15 is 0 Å². The molecule has 0 amide bonds. The van der Waals surface area contributed by atoms with Gasteiger partial charge in [0.15, 0.2) is 0 Å². The molecule has 3 nitrogen and oxygen atoms in total. The molecule has 2 rings (SSSR count). The number of rotatable bonds is 7. The Labute approximate surface area is 119 Å². The minimum absolute atomic E-state index is 0.296. The van der Waals surface area contributed by atoms with Gasteiger partial charge < -0.3 is 10.1 Å². The molecule has 112 valence electrons. The summed E-state index contributed by atoms with van der Waals surface area (Å²) in [6.45, 7) is 14.4. The van der Waals surface area contributed by atoms with Crippen LogP contribution in [0.4, 0.5) is 0 Å². The summed E-state index contributed by atoms with van der Waals surface area (Å²) in [5.41, 5.74) is 0.628. The Bertz CT molecular complexity index is 292. The first-order chi connectivity index (χ1) is 9.04. The summed E-state index contributed by atoms with van der Waals surface area (Å²) in [4.78, 5) is 2.68. The van der Waals surface area contributed by atoms with E-state index in [-0.39, 0.29) is 0 Å². The topological polar surface area (TPSA) is 24.5 Å². The highest BCUT2D eigenvalue weighted by atomic mass is 16.5. The zero-order valence-corrected chi connectivity index (χ0v) is 13.3. The zero-order valence-electron chi connectivity index (χ0n) is 13.3. The van der Waals surface area contributed by atoms with Gasteiger partial charge in [-0.3, -0.25) is 4.90 Å². The molecule has 1 heterocycles. The minimum atomic E-state index is 0.296. The van der Waals surface area contributed by atoms with E-state index in [1.54, 1.807) is 0 Å². The van der Waals surface area contributed by atoms with Crippen molar-refractivity contribution >= 4 is 0 Å². The quantitative estimate of drug-likeness (QED) is 0.718. The van der Waals surface area contributed by atoms with Gasteiger partial charge in [0.1, 0.15) is 0 Å². The van der Waals surface area contributed by atoms with Crippen LogP contribution in [0.5, 0.6) is 0 Å². The van der Waals surface area contributed by atoms with Crippen molar-refractivity contribution in [1.82, 2.24) is 10.2 Å². The normalized spacial score (nSPS) is 36.6. The van der Waals surface area contributed by atoms with Crippen LogP contribution in [-0.2, 0) is 4.74 Å². The van der Waals surface area contributed by atoms with Crippen LogP contribution in [0.3, 0.4) is 0 Å². The molecule has 1 N–H and O–H groups in total. The molecule has 1 saturated heterocycles. The molecule has 2 fully saturated rings. The third-order valence-corrected chi connectivity index (χ3v) is 5.25. The van der Waals surface area contributed by atoms with Crippen molar-refractivity contribution in [3.8, 4) is 0 Å². The van der Waals surface area contributed by atoms with E-state index < -0.39 is 0 Å². The van der Waals surface area contributed by atoms with Crippen molar-refractivity contribution in [1.29, 1.82) is 0 Å². The van der Waals surface area contributed by atoms with Gasteiger partial charge in [0, 0.05) is 37.3 Å². The Morgan fingerprint density at radius 2 is 1.95 bits per heavy atom. The summed E-state index contributed by atoms with van der Waals surface area (Å²) in [6.07, 6.45) is 5.14. The van der Waals surface area contributed by atoms with Crippen LogP contribution in [-0.4, -0.2) is 48.8 Å². The van der Waals surface area contributed by atoms with Gasteiger partial charge in [0.2, 0.25) is 0 Å². The van der Waals surface area contributed by atoms with E-state index in [0.29, 0.717) is 11.1 Å². The average molecular weight is 268 g/mol. The van der Waals surface area contributed by atoms with Crippen molar-refractivity contribution in [3.05, 3.63) is 0 Å². The van der Waals surface area contributed by atoms with Crippen LogP contribution >= 0.6 is 0 Å². The predicted octanol–water partition coefficient (Wildman–Crippen LogP) is 2.66. The van der Waals surface area contributed by atoms with Crippen LogP contribution < -0.4 is 5.32 Å². The Balaban J connectivity index is 1.92. The number of nitrogens with one attached hydrogen (secondary N) is 1. The number of hydrogen-bond acceptors (Lipinski definition) is 3. The van der Waals surface area contributed by atoms with E-state index in [4.69, 9.17) is 4.74 Å². The Morgan fingerprint density at radius 1 is 1.21 bits per heavy atom. The van der Waals surface area contributed by atoms with Crippen LogP contribution in [0.25, 0.3) is 0 Å². The third kappa shape index (κ3) is 3.50. The number of piperazine rings is 1. The zero-order chi connectivity index (χ0) is 13.9. The van der Waals surface area contributed by atoms with E-state index in [1.165, 1.54) is 25.8 Å². The largest absolute Gasteiger partial charge is 0.380 e. The fourth-order valence-corrected chi connectivity index (χ4v) is 3.26. The minimum Gasteiger partial charge on any atom is -0.380 e. The maximum Gasteiger partial charge on any atom is 0.0593 e. The molecule has 2 atom stereocenters. The van der Waals surface area contributed by atoms with E-state index in [9.17, 15) is 0 Å². The summed E-state index contributed by atoms with van der Waals surface area (Å²) in [7, 11) is 0. The van der Waals surface area contributed by atoms with Gasteiger partial charge >= 0.3 is 0 Å². The Kier molecular flexibility index (Phi) is 4.91. The Morgan fingerprint density at radius 3 is 2.53 bits per heavy atom. The van der Waals surface area contributed by atoms with Crippen LogP contribution in [0, 0.1) is 5.92 Å². The van der Waals surface area contributed by atoms with Gasteiger partial charge in [-0.2, -0.15) is 0 Å². The summed E-state index contributed by atoms with van der Waals surface area (Å²) < 4.78 is 5.71. The standard InChI is InChI=1S/C16H32N2O/c1-5-10-19-11-9-18-13-16(4,14-7-8-14)17-12-15(18,3)6-2/h14,17H,5-13H2,1-4H3. The lowest BCUT2D eigenvalue weighted by molar-refractivity contribution is -0.0104. The van der Waals surface area contributed by atoms with E-state index in [1.807, 2.05) is 0 Å². The molecule has 2 unspecified atom stereocenters. The predicted molar refractivity (Wildman–Crippen MR) is 80.5 cm³/mol. The SMILES string of the molecule is CCCOCCN1CC(C)(C2CC2)NCC1(C)CC. The smallest absolute Gasteiger partial charge is 0.0593 e. The first-order valence-electron chi connectivity index (χ1n) is 8.12. The van der Waals surface area contributed by atoms with Gasteiger partial charge in [-0.15, -0.1) is 0 Å². The number of ether oxygens (including phenoxy) is 1. The van der Waals surface area contributed by atoms with E-state index in [0.717, 1.165) is 38.6 Å². The second kappa shape index (κ2) is 6.11. The molecule has 0 radical (unpaired) electrons. The van der Waals surface area contributed by atoms with Crippen molar-refractivity contribution in [2.24, 2.45) is 5.92 Å². The molecule has 0 aromatic rings. The maximum atomic E-state index is 5.71. The Hall–Kier alpha value is -0.120. The van der Waals surface area contributed by atoms with Crippen LogP contribution in [0.15, 0.2) is 0 Å². The van der Waals surface area contributed by atoms with Crippen molar-refractivity contribution in [3.63, 3.8) is 0 Å². The highest BCUT2D eigenvalue weighted by Gasteiger charge is 2.48. The maximum absolute atomic E-state index is 5.71. The molecule has 1 saturated carbocycles. The lowest BCUT2D eigenvalue weighted by Gasteiger charge is -2.52. The van der Waals surface area contributed by atoms with Crippen molar-refractivity contribution in [2.45, 2.75) is 64.5 Å². The second-order valence-electron chi connectivity index (χ2n) is 6.93. The number of hydrogen-bond donors (Lipinski definition) is 1. The van der Waals surface area contributed by atoms with Crippen LogP contribution in [0.1, 0.15) is 53.4 Å². The average Bonchev–Trinajstić information content (AvgIpc) is 3.24. The van der Waals surface area contributed by atoms with Gasteiger partial charge in [0.05, 0.1) is 6.61 Å². The first kappa shape index (κ1) is 15.3. The van der Waals surface area contributed by atoms with Crippen molar-refractivity contribution < 1.29 is 4.74 Å². The van der Waals surface area contributed by atoms with Gasteiger partial charge in [0.25, 0.3) is 0 Å². The first-order valence-corrected chi connectivity index (χ1v) is 8.12. The summed E-state index contributed by atoms with van der Waals surface area (Å²) >= 11 is 0. The molecule has 19 heavy (non-hydrogen) atoms. The third-order valence-electron chi connectivity index (χ3n) is 5.25. The lowest BCUT2D eigenvalue weighted by atomic mass is 9.84. The summed E-state index contributed by atoms with van der Waals surface area (Å²) in [5, 5.41) is 3.85. The van der Waals surface area contributed by atoms with Gasteiger partial charge in [-0.25, -0.2) is 0 Å². The molecular weight excluding hydrogens is 236 g/mol. The van der Waals surface area contributed by atoms with E-state index in [2.05, 4.69) is 37.9 Å².